The Bertz CT molecular complexity index is 940. The van der Waals surface area contributed by atoms with E-state index >= 15 is 0 Å². The molecular formula is C20H19FN2O5. The second-order valence-corrected chi connectivity index (χ2v) is 5.80. The third-order valence-electron chi connectivity index (χ3n) is 3.84. The lowest BCUT2D eigenvalue weighted by atomic mass is 10.1. The maximum absolute atomic E-state index is 13.0. The molecule has 1 amide bonds. The van der Waals surface area contributed by atoms with Gasteiger partial charge in [-0.2, -0.15) is 0 Å². The van der Waals surface area contributed by atoms with E-state index in [9.17, 15) is 9.18 Å². The van der Waals surface area contributed by atoms with Crippen molar-refractivity contribution in [1.82, 2.24) is 5.16 Å². The van der Waals surface area contributed by atoms with Crippen molar-refractivity contribution in [2.24, 2.45) is 0 Å². The van der Waals surface area contributed by atoms with E-state index < -0.39 is 0 Å². The number of rotatable bonds is 8. The predicted molar refractivity (Wildman–Crippen MR) is 99.7 cm³/mol. The van der Waals surface area contributed by atoms with E-state index in [4.69, 9.17) is 18.7 Å². The molecule has 0 saturated heterocycles. The lowest BCUT2D eigenvalue weighted by Crippen LogP contribution is -2.18. The van der Waals surface area contributed by atoms with E-state index in [0.717, 1.165) is 0 Å². The summed E-state index contributed by atoms with van der Waals surface area (Å²) in [6.45, 7) is -0.0584. The van der Waals surface area contributed by atoms with Gasteiger partial charge in [0.05, 0.1) is 20.8 Å². The van der Waals surface area contributed by atoms with Crippen LogP contribution in [-0.4, -0.2) is 31.9 Å². The lowest BCUT2D eigenvalue weighted by molar-refractivity contribution is -0.121. The molecular weight excluding hydrogens is 367 g/mol. The van der Waals surface area contributed by atoms with Crippen LogP contribution in [0.2, 0.25) is 0 Å². The predicted octanol–water partition coefficient (Wildman–Crippen LogP) is 3.65. The van der Waals surface area contributed by atoms with Crippen LogP contribution >= 0.6 is 0 Å². The number of amides is 1. The van der Waals surface area contributed by atoms with Crippen LogP contribution in [0.1, 0.15) is 5.69 Å². The highest BCUT2D eigenvalue weighted by Crippen LogP contribution is 2.29. The van der Waals surface area contributed by atoms with Crippen LogP contribution in [0.5, 0.6) is 11.5 Å². The summed E-state index contributed by atoms with van der Waals surface area (Å²) in [6, 6.07) is 12.6. The van der Waals surface area contributed by atoms with Crippen LogP contribution < -0.4 is 14.8 Å². The van der Waals surface area contributed by atoms with Crippen molar-refractivity contribution >= 4 is 11.6 Å². The van der Waals surface area contributed by atoms with Crippen molar-refractivity contribution in [1.29, 1.82) is 0 Å². The molecule has 7 nitrogen and oxygen atoms in total. The third kappa shape index (κ3) is 4.86. The van der Waals surface area contributed by atoms with Crippen molar-refractivity contribution in [3.63, 3.8) is 0 Å². The van der Waals surface area contributed by atoms with Crippen molar-refractivity contribution in [2.75, 3.05) is 26.1 Å². The minimum atomic E-state index is -0.327. The average Bonchev–Trinajstić information content (AvgIpc) is 3.17. The van der Waals surface area contributed by atoms with E-state index in [2.05, 4.69) is 10.5 Å². The van der Waals surface area contributed by atoms with Gasteiger partial charge in [-0.3, -0.25) is 4.79 Å². The molecule has 1 heterocycles. The maximum atomic E-state index is 13.0. The molecule has 3 aromatic rings. The van der Waals surface area contributed by atoms with Gasteiger partial charge in [0, 0.05) is 23.4 Å². The number of carbonyl (C=O) groups is 1. The molecule has 0 atom stereocenters. The fourth-order valence-corrected chi connectivity index (χ4v) is 2.49. The molecule has 0 spiro atoms. The molecule has 0 aliphatic heterocycles. The monoisotopic (exact) mass is 386 g/mol. The normalized spacial score (nSPS) is 10.5. The fraction of sp³-hybridized carbons (Fsp3) is 0.200. The van der Waals surface area contributed by atoms with Crippen molar-refractivity contribution in [3.8, 4) is 22.8 Å². The highest BCUT2D eigenvalue weighted by Gasteiger charge is 2.10. The number of nitrogens with zero attached hydrogens (tertiary/aromatic N) is 1. The second-order valence-electron chi connectivity index (χ2n) is 5.80. The number of methoxy groups -OCH3 is 2. The van der Waals surface area contributed by atoms with Crippen LogP contribution in [0.15, 0.2) is 53.1 Å². The Hall–Kier alpha value is -3.39. The van der Waals surface area contributed by atoms with Crippen LogP contribution in [0, 0.1) is 5.82 Å². The van der Waals surface area contributed by atoms with Crippen molar-refractivity contribution < 1.29 is 27.9 Å². The quantitative estimate of drug-likeness (QED) is 0.636. The summed E-state index contributed by atoms with van der Waals surface area (Å²) in [5.74, 6) is 0.923. The van der Waals surface area contributed by atoms with Gasteiger partial charge < -0.3 is 24.1 Å². The van der Waals surface area contributed by atoms with Gasteiger partial charge in [-0.05, 0) is 36.4 Å². The average molecular weight is 386 g/mol. The van der Waals surface area contributed by atoms with Crippen LogP contribution in [-0.2, 0) is 16.1 Å². The zero-order valence-corrected chi connectivity index (χ0v) is 15.4. The summed E-state index contributed by atoms with van der Waals surface area (Å²) in [4.78, 5) is 12.0. The number of hydrogen-bond acceptors (Lipinski definition) is 6. The number of aromatic nitrogens is 1. The minimum Gasteiger partial charge on any atom is -0.493 e. The molecule has 0 fully saturated rings. The smallest absolute Gasteiger partial charge is 0.250 e. The molecule has 28 heavy (non-hydrogen) atoms. The fourth-order valence-electron chi connectivity index (χ4n) is 2.49. The van der Waals surface area contributed by atoms with Gasteiger partial charge in [0.15, 0.2) is 17.3 Å². The Morgan fingerprint density at radius 1 is 1.07 bits per heavy atom. The molecule has 0 aliphatic rings. The molecule has 146 valence electrons. The van der Waals surface area contributed by atoms with E-state index in [1.807, 2.05) is 0 Å². The molecule has 0 saturated carbocycles. The molecule has 0 radical (unpaired) electrons. The number of halogens is 1. The summed E-state index contributed by atoms with van der Waals surface area (Å²) in [7, 11) is 3.06. The summed E-state index contributed by atoms with van der Waals surface area (Å²) in [5, 5.41) is 6.59. The largest absolute Gasteiger partial charge is 0.493 e. The second kappa shape index (κ2) is 9.01. The van der Waals surface area contributed by atoms with Crippen LogP contribution in [0.3, 0.4) is 0 Å². The Morgan fingerprint density at radius 3 is 2.54 bits per heavy atom. The summed E-state index contributed by atoms with van der Waals surface area (Å²) in [5.41, 5.74) is 1.79. The number of carbonyl (C=O) groups excluding carboxylic acids is 1. The molecule has 2 aromatic carbocycles. The van der Waals surface area contributed by atoms with Gasteiger partial charge in [0.25, 0.3) is 0 Å². The molecule has 3 rings (SSSR count). The molecule has 0 unspecified atom stereocenters. The number of ether oxygens (including phenoxy) is 3. The standard InChI is InChI=1S/C20H19FN2O5/c1-25-17-8-7-15(9-19(17)26-2)22-20(24)12-27-11-16-10-18(28-23-16)13-3-5-14(21)6-4-13/h3-10H,11-12H2,1-2H3,(H,22,24). The molecule has 1 N–H and O–H groups in total. The van der Waals surface area contributed by atoms with Gasteiger partial charge in [-0.25, -0.2) is 4.39 Å². The van der Waals surface area contributed by atoms with Crippen LogP contribution in [0.25, 0.3) is 11.3 Å². The first-order valence-corrected chi connectivity index (χ1v) is 8.40. The van der Waals surface area contributed by atoms with Gasteiger partial charge >= 0.3 is 0 Å². The molecule has 0 aliphatic carbocycles. The van der Waals surface area contributed by atoms with Crippen LogP contribution in [0.4, 0.5) is 10.1 Å². The number of hydrogen-bond donors (Lipinski definition) is 1. The molecule has 0 bridgehead atoms. The first-order chi connectivity index (χ1) is 13.6. The van der Waals surface area contributed by atoms with E-state index in [-0.39, 0.29) is 24.9 Å². The number of anilines is 1. The third-order valence-corrected chi connectivity index (χ3v) is 3.84. The Labute approximate surface area is 161 Å². The highest BCUT2D eigenvalue weighted by molar-refractivity contribution is 5.92. The maximum Gasteiger partial charge on any atom is 0.250 e. The minimum absolute atomic E-state index is 0.101. The van der Waals surface area contributed by atoms with Crippen molar-refractivity contribution in [2.45, 2.75) is 6.61 Å². The van der Waals surface area contributed by atoms with E-state index in [1.165, 1.54) is 26.4 Å². The summed E-state index contributed by atoms with van der Waals surface area (Å²) in [6.07, 6.45) is 0. The zero-order chi connectivity index (χ0) is 19.9. The molecule has 8 heteroatoms. The Balaban J connectivity index is 1.50. The SMILES string of the molecule is COc1ccc(NC(=O)COCc2cc(-c3ccc(F)cc3)on2)cc1OC. The summed E-state index contributed by atoms with van der Waals surface area (Å²) < 4.78 is 33.9. The first-order valence-electron chi connectivity index (χ1n) is 8.40. The number of benzene rings is 2. The lowest BCUT2D eigenvalue weighted by Gasteiger charge is -2.10. The topological polar surface area (TPSA) is 82.8 Å². The van der Waals surface area contributed by atoms with Gasteiger partial charge in [-0.1, -0.05) is 5.16 Å². The summed E-state index contributed by atoms with van der Waals surface area (Å²) >= 11 is 0. The Morgan fingerprint density at radius 2 is 1.82 bits per heavy atom. The van der Waals surface area contributed by atoms with E-state index in [0.29, 0.717) is 34.2 Å². The highest BCUT2D eigenvalue weighted by atomic mass is 19.1. The molecule has 1 aromatic heterocycles. The van der Waals surface area contributed by atoms with Gasteiger partial charge in [0.2, 0.25) is 5.91 Å². The van der Waals surface area contributed by atoms with Gasteiger partial charge in [0.1, 0.15) is 18.1 Å². The Kier molecular flexibility index (Phi) is 6.23. The van der Waals surface area contributed by atoms with Crippen molar-refractivity contribution in [3.05, 3.63) is 60.0 Å². The van der Waals surface area contributed by atoms with E-state index in [1.54, 1.807) is 36.4 Å². The first kappa shape index (κ1) is 19.4. The number of nitrogens with one attached hydrogen (secondary N) is 1. The van der Waals surface area contributed by atoms with Gasteiger partial charge in [-0.15, -0.1) is 0 Å². The zero-order valence-electron chi connectivity index (χ0n) is 15.4.